The molecule has 2 aromatic carbocycles. The van der Waals surface area contributed by atoms with Gasteiger partial charge in [0.25, 0.3) is 5.91 Å². The van der Waals surface area contributed by atoms with Crippen molar-refractivity contribution in [2.75, 3.05) is 20.3 Å². The minimum absolute atomic E-state index is 0.0918. The molecule has 0 aromatic heterocycles. The summed E-state index contributed by atoms with van der Waals surface area (Å²) in [6.45, 7) is 0.807. The highest BCUT2D eigenvalue weighted by Gasteiger charge is 2.42. The molecule has 1 aliphatic heterocycles. The molecule has 1 atom stereocenters. The zero-order chi connectivity index (χ0) is 20.8. The van der Waals surface area contributed by atoms with Gasteiger partial charge in [0, 0.05) is 26.7 Å². The Kier molecular flexibility index (Phi) is 6.67. The van der Waals surface area contributed by atoms with Crippen molar-refractivity contribution >= 4 is 11.7 Å². The van der Waals surface area contributed by atoms with Crippen LogP contribution in [0.3, 0.4) is 0 Å². The molecule has 1 unspecified atom stereocenters. The summed E-state index contributed by atoms with van der Waals surface area (Å²) in [5, 5.41) is 20.1. The molecule has 0 fully saturated rings. The summed E-state index contributed by atoms with van der Waals surface area (Å²) in [6, 6.07) is 15.3. The molecule has 0 saturated heterocycles. The average Bonchev–Trinajstić information content (AvgIpc) is 2.98. The van der Waals surface area contributed by atoms with Crippen molar-refractivity contribution in [3.63, 3.8) is 0 Å². The number of benzene rings is 2. The lowest BCUT2D eigenvalue weighted by molar-refractivity contribution is -0.129. The lowest BCUT2D eigenvalue weighted by Crippen LogP contribution is -2.32. The van der Waals surface area contributed by atoms with E-state index in [4.69, 9.17) is 4.74 Å². The van der Waals surface area contributed by atoms with E-state index in [2.05, 4.69) is 0 Å². The summed E-state index contributed by atoms with van der Waals surface area (Å²) in [6.07, 6.45) is 1.30. The number of methoxy groups -OCH3 is 1. The van der Waals surface area contributed by atoms with Crippen molar-refractivity contribution in [1.29, 1.82) is 0 Å². The number of phenols is 1. The molecule has 0 bridgehead atoms. The third kappa shape index (κ3) is 4.66. The standard InChI is InChI=1S/C23H25NO5/c1-29-15-5-14-24-21(17-9-11-18(25)12-10-17)20(22(27)23(24)28)19(26)13-8-16-6-3-2-4-7-16/h2-4,6-7,9-12,21,25,27H,5,8,13-15H2,1H3. The van der Waals surface area contributed by atoms with Gasteiger partial charge in [0.1, 0.15) is 5.75 Å². The Hall–Kier alpha value is -3.12. The highest BCUT2D eigenvalue weighted by Crippen LogP contribution is 2.38. The number of hydrogen-bond acceptors (Lipinski definition) is 5. The van der Waals surface area contributed by atoms with Gasteiger partial charge in [-0.15, -0.1) is 0 Å². The predicted octanol–water partition coefficient (Wildman–Crippen LogP) is 3.33. The molecule has 0 aliphatic carbocycles. The van der Waals surface area contributed by atoms with E-state index < -0.39 is 17.7 Å². The number of amides is 1. The van der Waals surface area contributed by atoms with Crippen LogP contribution in [-0.2, 0) is 20.7 Å². The van der Waals surface area contributed by atoms with Crippen LogP contribution < -0.4 is 0 Å². The molecular weight excluding hydrogens is 370 g/mol. The molecule has 2 N–H and O–H groups in total. The Balaban J connectivity index is 1.87. The van der Waals surface area contributed by atoms with E-state index >= 15 is 0 Å². The number of phenolic OH excluding ortho intramolecular Hbond substituents is 1. The van der Waals surface area contributed by atoms with Gasteiger partial charge in [-0.2, -0.15) is 0 Å². The number of aliphatic hydroxyl groups is 1. The molecule has 1 aliphatic rings. The van der Waals surface area contributed by atoms with E-state index in [1.165, 1.54) is 17.0 Å². The van der Waals surface area contributed by atoms with E-state index in [-0.39, 0.29) is 23.5 Å². The number of aryl methyl sites for hydroxylation is 1. The Labute approximate surface area is 170 Å². The normalized spacial score (nSPS) is 16.5. The zero-order valence-electron chi connectivity index (χ0n) is 16.4. The number of ether oxygens (including phenoxy) is 1. The SMILES string of the molecule is COCCCN1C(=O)C(O)=C(C(=O)CCc2ccccc2)C1c1ccc(O)cc1. The molecule has 6 nitrogen and oxygen atoms in total. The van der Waals surface area contributed by atoms with Crippen LogP contribution in [0.4, 0.5) is 0 Å². The summed E-state index contributed by atoms with van der Waals surface area (Å²) in [5.41, 5.74) is 1.80. The molecule has 3 rings (SSSR count). The zero-order valence-corrected chi connectivity index (χ0v) is 16.4. The van der Waals surface area contributed by atoms with E-state index in [1.54, 1.807) is 19.2 Å². The average molecular weight is 395 g/mol. The Morgan fingerprint density at radius 1 is 1.07 bits per heavy atom. The molecule has 2 aromatic rings. The molecule has 6 heteroatoms. The maximum atomic E-state index is 13.0. The van der Waals surface area contributed by atoms with Gasteiger partial charge in [0.15, 0.2) is 11.5 Å². The third-order valence-corrected chi connectivity index (χ3v) is 5.04. The summed E-state index contributed by atoms with van der Waals surface area (Å²) in [5.74, 6) is -1.21. The molecule has 29 heavy (non-hydrogen) atoms. The summed E-state index contributed by atoms with van der Waals surface area (Å²) in [7, 11) is 1.58. The predicted molar refractivity (Wildman–Crippen MR) is 108 cm³/mol. The number of carbonyl (C=O) groups excluding carboxylic acids is 2. The first-order chi connectivity index (χ1) is 14.0. The van der Waals surface area contributed by atoms with Crippen LogP contribution in [-0.4, -0.2) is 47.1 Å². The molecule has 1 amide bonds. The fraction of sp³-hybridized carbons (Fsp3) is 0.304. The first-order valence-electron chi connectivity index (χ1n) is 9.62. The van der Waals surface area contributed by atoms with Crippen molar-refractivity contribution in [2.24, 2.45) is 0 Å². The van der Waals surface area contributed by atoms with Crippen molar-refractivity contribution < 1.29 is 24.5 Å². The molecule has 1 heterocycles. The van der Waals surface area contributed by atoms with Crippen LogP contribution in [0.2, 0.25) is 0 Å². The highest BCUT2D eigenvalue weighted by molar-refractivity contribution is 6.09. The lowest BCUT2D eigenvalue weighted by Gasteiger charge is -2.27. The second-order valence-corrected chi connectivity index (χ2v) is 7.01. The minimum atomic E-state index is -0.678. The number of rotatable bonds is 9. The molecule has 0 saturated carbocycles. The number of hydrogen-bond donors (Lipinski definition) is 2. The minimum Gasteiger partial charge on any atom is -0.508 e. The highest BCUT2D eigenvalue weighted by atomic mass is 16.5. The number of ketones is 1. The number of aliphatic hydroxyl groups excluding tert-OH is 1. The maximum absolute atomic E-state index is 13.0. The fourth-order valence-electron chi connectivity index (χ4n) is 3.59. The second-order valence-electron chi connectivity index (χ2n) is 7.01. The van der Waals surface area contributed by atoms with E-state index in [1.807, 2.05) is 30.3 Å². The van der Waals surface area contributed by atoms with Gasteiger partial charge < -0.3 is 19.8 Å². The molecule has 0 radical (unpaired) electrons. The topological polar surface area (TPSA) is 87.1 Å². The van der Waals surface area contributed by atoms with Gasteiger partial charge in [0.05, 0.1) is 11.6 Å². The quantitative estimate of drug-likeness (QED) is 0.636. The monoisotopic (exact) mass is 395 g/mol. The van der Waals surface area contributed by atoms with Gasteiger partial charge in [-0.05, 0) is 36.1 Å². The van der Waals surface area contributed by atoms with Gasteiger partial charge in [0.2, 0.25) is 0 Å². The van der Waals surface area contributed by atoms with Gasteiger partial charge in [-0.25, -0.2) is 0 Å². The van der Waals surface area contributed by atoms with Crippen LogP contribution in [0.5, 0.6) is 5.75 Å². The number of nitrogens with zero attached hydrogens (tertiary/aromatic N) is 1. The largest absolute Gasteiger partial charge is 0.508 e. The molecular formula is C23H25NO5. The Morgan fingerprint density at radius 2 is 1.76 bits per heavy atom. The second kappa shape index (κ2) is 9.39. The molecule has 152 valence electrons. The van der Waals surface area contributed by atoms with Crippen molar-refractivity contribution in [3.05, 3.63) is 77.1 Å². The van der Waals surface area contributed by atoms with Gasteiger partial charge >= 0.3 is 0 Å². The van der Waals surface area contributed by atoms with Gasteiger partial charge in [-0.3, -0.25) is 9.59 Å². The Morgan fingerprint density at radius 3 is 2.41 bits per heavy atom. The number of carbonyl (C=O) groups is 2. The van der Waals surface area contributed by atoms with Crippen LogP contribution in [0.15, 0.2) is 65.9 Å². The van der Waals surface area contributed by atoms with E-state index in [9.17, 15) is 19.8 Å². The smallest absolute Gasteiger partial charge is 0.290 e. The Bertz CT molecular complexity index is 889. The van der Waals surface area contributed by atoms with E-state index in [0.29, 0.717) is 31.6 Å². The third-order valence-electron chi connectivity index (χ3n) is 5.04. The van der Waals surface area contributed by atoms with Crippen molar-refractivity contribution in [3.8, 4) is 5.75 Å². The summed E-state index contributed by atoms with van der Waals surface area (Å²) < 4.78 is 5.07. The fourth-order valence-corrected chi connectivity index (χ4v) is 3.59. The summed E-state index contributed by atoms with van der Waals surface area (Å²) in [4.78, 5) is 27.2. The number of Topliss-reactive ketones (excluding diaryl/α,β-unsaturated/α-hetero) is 1. The first kappa shape index (κ1) is 20.6. The van der Waals surface area contributed by atoms with Crippen LogP contribution in [0.25, 0.3) is 0 Å². The maximum Gasteiger partial charge on any atom is 0.290 e. The van der Waals surface area contributed by atoms with Crippen LogP contribution in [0, 0.1) is 0 Å². The van der Waals surface area contributed by atoms with Crippen LogP contribution >= 0.6 is 0 Å². The van der Waals surface area contributed by atoms with Gasteiger partial charge in [-0.1, -0.05) is 42.5 Å². The number of aromatic hydroxyl groups is 1. The van der Waals surface area contributed by atoms with Crippen molar-refractivity contribution in [1.82, 2.24) is 4.90 Å². The summed E-state index contributed by atoms with van der Waals surface area (Å²) >= 11 is 0. The lowest BCUT2D eigenvalue weighted by atomic mass is 9.93. The van der Waals surface area contributed by atoms with E-state index in [0.717, 1.165) is 5.56 Å². The molecule has 0 spiro atoms. The van der Waals surface area contributed by atoms with Crippen LogP contribution in [0.1, 0.15) is 30.0 Å². The van der Waals surface area contributed by atoms with Crippen molar-refractivity contribution in [2.45, 2.75) is 25.3 Å². The first-order valence-corrected chi connectivity index (χ1v) is 9.62.